The summed E-state index contributed by atoms with van der Waals surface area (Å²) in [5.74, 6) is 1.61. The van der Waals surface area contributed by atoms with Gasteiger partial charge in [-0.3, -0.25) is 4.79 Å². The van der Waals surface area contributed by atoms with Crippen molar-refractivity contribution in [2.75, 3.05) is 19.0 Å². The third kappa shape index (κ3) is 5.97. The van der Waals surface area contributed by atoms with Crippen molar-refractivity contribution in [1.82, 2.24) is 0 Å². The maximum Gasteiger partial charge on any atom is 0.255 e. The van der Waals surface area contributed by atoms with Crippen molar-refractivity contribution in [2.24, 2.45) is 0 Å². The molecule has 31 heavy (non-hydrogen) atoms. The summed E-state index contributed by atoms with van der Waals surface area (Å²) >= 11 is 18.1. The number of halogens is 3. The van der Waals surface area contributed by atoms with E-state index in [2.05, 4.69) is 5.32 Å². The number of carbonyl (C=O) groups excluding carboxylic acids is 1. The smallest absolute Gasteiger partial charge is 0.255 e. The molecule has 0 unspecified atom stereocenters. The summed E-state index contributed by atoms with van der Waals surface area (Å²) in [6.07, 6.45) is 0. The Morgan fingerprint density at radius 1 is 0.903 bits per heavy atom. The highest BCUT2D eigenvalue weighted by molar-refractivity contribution is 6.44. The van der Waals surface area contributed by atoms with E-state index in [1.165, 1.54) is 12.1 Å². The van der Waals surface area contributed by atoms with Crippen molar-refractivity contribution in [2.45, 2.75) is 13.5 Å². The van der Waals surface area contributed by atoms with Gasteiger partial charge in [0.05, 0.1) is 34.5 Å². The molecular weight excluding hydrogens is 461 g/mol. The number of nitrogens with one attached hydrogen (secondary N) is 1. The van der Waals surface area contributed by atoms with Gasteiger partial charge in [-0.15, -0.1) is 0 Å². The Hall–Kier alpha value is -2.60. The number of hydrogen-bond donors (Lipinski definition) is 1. The molecule has 5 nitrogen and oxygen atoms in total. The van der Waals surface area contributed by atoms with E-state index < -0.39 is 0 Å². The molecule has 0 bridgehead atoms. The molecule has 162 valence electrons. The van der Waals surface area contributed by atoms with Gasteiger partial charge in [-0.1, -0.05) is 40.9 Å². The van der Waals surface area contributed by atoms with Gasteiger partial charge in [0.1, 0.15) is 23.9 Å². The van der Waals surface area contributed by atoms with Gasteiger partial charge in [0.15, 0.2) is 0 Å². The molecule has 0 fully saturated rings. The monoisotopic (exact) mass is 479 g/mol. The van der Waals surface area contributed by atoms with Crippen LogP contribution in [0, 0.1) is 0 Å². The number of hydrogen-bond acceptors (Lipinski definition) is 4. The zero-order chi connectivity index (χ0) is 22.4. The van der Waals surface area contributed by atoms with Crippen molar-refractivity contribution >= 4 is 46.4 Å². The van der Waals surface area contributed by atoms with Crippen LogP contribution in [0.15, 0.2) is 54.6 Å². The first-order chi connectivity index (χ1) is 14.9. The molecule has 1 amide bonds. The quantitative estimate of drug-likeness (QED) is 0.357. The van der Waals surface area contributed by atoms with Crippen molar-refractivity contribution in [1.29, 1.82) is 0 Å². The van der Waals surface area contributed by atoms with E-state index in [4.69, 9.17) is 49.0 Å². The Morgan fingerprint density at radius 3 is 2.39 bits per heavy atom. The van der Waals surface area contributed by atoms with Crippen LogP contribution >= 0.6 is 34.8 Å². The van der Waals surface area contributed by atoms with Crippen LogP contribution < -0.4 is 19.5 Å². The van der Waals surface area contributed by atoms with E-state index in [0.717, 1.165) is 5.56 Å². The van der Waals surface area contributed by atoms with Crippen LogP contribution in [0.4, 0.5) is 5.69 Å². The normalized spacial score (nSPS) is 10.5. The molecule has 0 saturated carbocycles. The molecule has 3 rings (SSSR count). The Bertz CT molecular complexity index is 1090. The van der Waals surface area contributed by atoms with Gasteiger partial charge in [0.25, 0.3) is 5.91 Å². The molecule has 0 saturated heterocycles. The molecule has 0 aliphatic rings. The maximum atomic E-state index is 12.8. The fourth-order valence-electron chi connectivity index (χ4n) is 2.79. The third-order valence-corrected chi connectivity index (χ3v) is 5.35. The molecule has 0 heterocycles. The van der Waals surface area contributed by atoms with Crippen LogP contribution in [-0.4, -0.2) is 19.6 Å². The van der Waals surface area contributed by atoms with Gasteiger partial charge in [-0.2, -0.15) is 0 Å². The average molecular weight is 481 g/mol. The van der Waals surface area contributed by atoms with Crippen molar-refractivity contribution in [3.8, 4) is 17.2 Å². The number of benzene rings is 3. The fourth-order valence-corrected chi connectivity index (χ4v) is 3.39. The summed E-state index contributed by atoms with van der Waals surface area (Å²) in [5, 5.41) is 3.64. The lowest BCUT2D eigenvalue weighted by molar-refractivity contribution is 0.102. The number of anilines is 1. The third-order valence-electron chi connectivity index (χ3n) is 4.32. The van der Waals surface area contributed by atoms with Crippen molar-refractivity contribution < 1.29 is 19.0 Å². The van der Waals surface area contributed by atoms with E-state index in [1.807, 2.05) is 25.1 Å². The second-order valence-electron chi connectivity index (χ2n) is 6.42. The minimum atomic E-state index is -0.356. The number of carbonyl (C=O) groups is 1. The Balaban J connectivity index is 1.81. The average Bonchev–Trinajstić information content (AvgIpc) is 2.77. The van der Waals surface area contributed by atoms with Gasteiger partial charge in [0.2, 0.25) is 0 Å². The van der Waals surface area contributed by atoms with E-state index in [-0.39, 0.29) is 17.5 Å². The Morgan fingerprint density at radius 2 is 1.65 bits per heavy atom. The van der Waals surface area contributed by atoms with Gasteiger partial charge in [0, 0.05) is 17.2 Å². The summed E-state index contributed by atoms with van der Waals surface area (Å²) in [7, 11) is 1.59. The van der Waals surface area contributed by atoms with Crippen LogP contribution in [0.2, 0.25) is 15.1 Å². The molecule has 0 radical (unpaired) electrons. The first-order valence-electron chi connectivity index (χ1n) is 9.39. The largest absolute Gasteiger partial charge is 0.497 e. The molecule has 3 aromatic rings. The molecule has 0 spiro atoms. The van der Waals surface area contributed by atoms with E-state index in [1.54, 1.807) is 31.4 Å². The molecule has 1 N–H and O–H groups in total. The molecule has 0 aliphatic carbocycles. The highest BCUT2D eigenvalue weighted by Gasteiger charge is 2.14. The zero-order valence-electron chi connectivity index (χ0n) is 16.9. The van der Waals surface area contributed by atoms with Crippen LogP contribution in [0.25, 0.3) is 0 Å². The maximum absolute atomic E-state index is 12.8. The van der Waals surface area contributed by atoms with Crippen molar-refractivity contribution in [3.63, 3.8) is 0 Å². The minimum absolute atomic E-state index is 0.206. The summed E-state index contributed by atoms with van der Waals surface area (Å²) in [6.45, 7) is 2.58. The second kappa shape index (κ2) is 10.6. The van der Waals surface area contributed by atoms with Crippen molar-refractivity contribution in [3.05, 3.63) is 80.8 Å². The number of rotatable bonds is 8. The van der Waals surface area contributed by atoms with Gasteiger partial charge >= 0.3 is 0 Å². The lowest BCUT2D eigenvalue weighted by Crippen LogP contribution is -2.13. The Labute approximate surface area is 195 Å². The van der Waals surface area contributed by atoms with E-state index in [9.17, 15) is 4.79 Å². The summed E-state index contributed by atoms with van der Waals surface area (Å²) in [5.41, 5.74) is 1.50. The summed E-state index contributed by atoms with van der Waals surface area (Å²) in [4.78, 5) is 12.8. The zero-order valence-corrected chi connectivity index (χ0v) is 19.1. The topological polar surface area (TPSA) is 56.8 Å². The molecular formula is C23H20Cl3NO4. The minimum Gasteiger partial charge on any atom is -0.497 e. The standard InChI is InChI=1S/C23H20Cl3NO4/c1-3-30-22-8-7-14(23(28)27-21-12-19(25)18(24)11-20(21)26)9-15(22)13-31-17-6-4-5-16(10-17)29-2/h4-12H,3,13H2,1-2H3,(H,27,28). The number of ether oxygens (including phenoxy) is 3. The molecule has 8 heteroatoms. The predicted molar refractivity (Wildman–Crippen MR) is 124 cm³/mol. The fraction of sp³-hybridized carbons (Fsp3) is 0.174. The van der Waals surface area contributed by atoms with Crippen LogP contribution in [0.1, 0.15) is 22.8 Å². The van der Waals surface area contributed by atoms with Gasteiger partial charge in [-0.05, 0) is 49.4 Å². The second-order valence-corrected chi connectivity index (χ2v) is 7.65. The number of methoxy groups -OCH3 is 1. The molecule has 0 aromatic heterocycles. The number of amides is 1. The summed E-state index contributed by atoms with van der Waals surface area (Å²) in [6, 6.07) is 15.4. The predicted octanol–water partition coefficient (Wildman–Crippen LogP) is 6.89. The van der Waals surface area contributed by atoms with Gasteiger partial charge < -0.3 is 19.5 Å². The van der Waals surface area contributed by atoms with Crippen LogP contribution in [-0.2, 0) is 6.61 Å². The van der Waals surface area contributed by atoms with Crippen LogP contribution in [0.3, 0.4) is 0 Å². The van der Waals surface area contributed by atoms with Gasteiger partial charge in [-0.25, -0.2) is 0 Å². The lowest BCUT2D eigenvalue weighted by atomic mass is 10.1. The highest BCUT2D eigenvalue weighted by atomic mass is 35.5. The lowest BCUT2D eigenvalue weighted by Gasteiger charge is -2.14. The molecule has 0 aliphatic heterocycles. The highest BCUT2D eigenvalue weighted by Crippen LogP contribution is 2.33. The van der Waals surface area contributed by atoms with Crippen LogP contribution in [0.5, 0.6) is 17.2 Å². The molecule has 0 atom stereocenters. The van der Waals surface area contributed by atoms with E-state index in [0.29, 0.717) is 45.2 Å². The Kier molecular flexibility index (Phi) is 7.91. The molecule has 3 aromatic carbocycles. The van der Waals surface area contributed by atoms with E-state index >= 15 is 0 Å². The first-order valence-corrected chi connectivity index (χ1v) is 10.5. The summed E-state index contributed by atoms with van der Waals surface area (Å²) < 4.78 is 16.8. The first kappa shape index (κ1) is 23.1. The SMILES string of the molecule is CCOc1ccc(C(=O)Nc2cc(Cl)c(Cl)cc2Cl)cc1COc1cccc(OC)c1.